The molecular weight excluding hydrogens is 214 g/mol. The number of hydrogen-bond acceptors (Lipinski definition) is 2. The van der Waals surface area contributed by atoms with Crippen LogP contribution in [0.15, 0.2) is 30.3 Å². The van der Waals surface area contributed by atoms with E-state index < -0.39 is 11.4 Å². The lowest BCUT2D eigenvalue weighted by Crippen LogP contribution is -2.19. The van der Waals surface area contributed by atoms with Gasteiger partial charge in [-0.15, -0.1) is 0 Å². The largest absolute Gasteiger partial charge is 0.481 e. The van der Waals surface area contributed by atoms with Gasteiger partial charge >= 0.3 is 5.97 Å². The van der Waals surface area contributed by atoms with Crippen molar-refractivity contribution < 1.29 is 9.90 Å². The lowest BCUT2D eigenvalue weighted by molar-refractivity contribution is -0.140. The van der Waals surface area contributed by atoms with Gasteiger partial charge in [-0.25, -0.2) is 0 Å². The molecule has 1 aromatic carbocycles. The maximum Gasteiger partial charge on any atom is 0.314 e. The van der Waals surface area contributed by atoms with Crippen molar-refractivity contribution in [3.63, 3.8) is 0 Å². The van der Waals surface area contributed by atoms with Crippen LogP contribution in [0.3, 0.4) is 0 Å². The van der Waals surface area contributed by atoms with E-state index in [0.717, 1.165) is 11.1 Å². The summed E-state index contributed by atoms with van der Waals surface area (Å²) in [7, 11) is 0. The number of nitrogens with zero attached hydrogens (tertiary/aromatic N) is 1. The Balaban J connectivity index is 2.24. The second kappa shape index (κ2) is 4.42. The summed E-state index contributed by atoms with van der Waals surface area (Å²) in [6.07, 6.45) is 5.43. The Bertz CT molecular complexity index is 507. The van der Waals surface area contributed by atoms with Crippen LogP contribution in [0.4, 0.5) is 0 Å². The third-order valence-electron chi connectivity index (χ3n) is 3.12. The number of aliphatic carboxylic acids is 1. The highest BCUT2D eigenvalue weighted by Gasteiger charge is 2.51. The Morgan fingerprint density at radius 3 is 2.88 bits per heavy atom. The number of carboxylic acids is 1. The topological polar surface area (TPSA) is 61.1 Å². The minimum Gasteiger partial charge on any atom is -0.481 e. The molecule has 2 rings (SSSR count). The first-order valence-electron chi connectivity index (χ1n) is 5.56. The fourth-order valence-electron chi connectivity index (χ4n) is 1.94. The van der Waals surface area contributed by atoms with E-state index in [2.05, 4.69) is 0 Å². The van der Waals surface area contributed by atoms with Gasteiger partial charge < -0.3 is 5.11 Å². The van der Waals surface area contributed by atoms with Crippen LogP contribution in [0, 0.1) is 11.3 Å². The molecule has 0 aromatic heterocycles. The summed E-state index contributed by atoms with van der Waals surface area (Å²) in [6.45, 7) is 0. The molecule has 17 heavy (non-hydrogen) atoms. The molecule has 0 bridgehead atoms. The van der Waals surface area contributed by atoms with Gasteiger partial charge in [-0.05, 0) is 24.0 Å². The van der Waals surface area contributed by atoms with E-state index in [1.54, 1.807) is 6.08 Å². The van der Waals surface area contributed by atoms with Crippen LogP contribution in [0.5, 0.6) is 0 Å². The van der Waals surface area contributed by atoms with E-state index in [0.29, 0.717) is 19.3 Å². The summed E-state index contributed by atoms with van der Waals surface area (Å²) >= 11 is 0. The van der Waals surface area contributed by atoms with Crippen LogP contribution in [-0.4, -0.2) is 11.1 Å². The molecule has 0 saturated heterocycles. The molecule has 1 fully saturated rings. The maximum atomic E-state index is 11.2. The highest BCUT2D eigenvalue weighted by atomic mass is 16.4. The van der Waals surface area contributed by atoms with Gasteiger partial charge in [-0.3, -0.25) is 4.79 Å². The number of benzene rings is 1. The average molecular weight is 227 g/mol. The number of carboxylic acid groups (broad SMARTS) is 1. The number of allylic oxidation sites excluding steroid dienone is 1. The van der Waals surface area contributed by atoms with E-state index in [4.69, 9.17) is 5.26 Å². The highest BCUT2D eigenvalue weighted by molar-refractivity contribution is 5.85. The lowest BCUT2D eigenvalue weighted by Gasteiger charge is -2.10. The van der Waals surface area contributed by atoms with E-state index >= 15 is 0 Å². The molecule has 1 aliphatic carbocycles. The molecular formula is C14H13NO2. The molecule has 1 saturated carbocycles. The summed E-state index contributed by atoms with van der Waals surface area (Å²) in [5, 5.41) is 17.6. The van der Waals surface area contributed by atoms with Gasteiger partial charge in [0.2, 0.25) is 0 Å². The molecule has 0 unspecified atom stereocenters. The quantitative estimate of drug-likeness (QED) is 0.860. The van der Waals surface area contributed by atoms with Crippen LogP contribution in [0.1, 0.15) is 30.4 Å². The predicted molar refractivity (Wildman–Crippen MR) is 64.3 cm³/mol. The van der Waals surface area contributed by atoms with Crippen molar-refractivity contribution in [1.29, 1.82) is 5.26 Å². The SMILES string of the molecule is N#CCC=Cc1cccc(C2(C(=O)O)CC2)c1. The van der Waals surface area contributed by atoms with Crippen LogP contribution in [0.2, 0.25) is 0 Å². The van der Waals surface area contributed by atoms with Gasteiger partial charge in [0.05, 0.1) is 17.9 Å². The molecule has 0 amide bonds. The second-order valence-electron chi connectivity index (χ2n) is 4.28. The minimum absolute atomic E-state index is 0.369. The summed E-state index contributed by atoms with van der Waals surface area (Å²) in [4.78, 5) is 11.2. The molecule has 3 nitrogen and oxygen atoms in total. The molecule has 0 radical (unpaired) electrons. The van der Waals surface area contributed by atoms with Crippen LogP contribution in [0.25, 0.3) is 6.08 Å². The summed E-state index contributed by atoms with van der Waals surface area (Å²) in [5.74, 6) is -0.740. The normalized spacial score (nSPS) is 16.6. The number of carbonyl (C=O) groups is 1. The fraction of sp³-hybridized carbons (Fsp3) is 0.286. The van der Waals surface area contributed by atoms with E-state index in [-0.39, 0.29) is 0 Å². The van der Waals surface area contributed by atoms with E-state index in [1.165, 1.54) is 0 Å². The first kappa shape index (κ1) is 11.4. The number of rotatable bonds is 4. The monoisotopic (exact) mass is 227 g/mol. The van der Waals surface area contributed by atoms with Gasteiger partial charge in [0.15, 0.2) is 0 Å². The van der Waals surface area contributed by atoms with Crippen molar-refractivity contribution in [2.45, 2.75) is 24.7 Å². The maximum absolute atomic E-state index is 11.2. The fourth-order valence-corrected chi connectivity index (χ4v) is 1.94. The Labute approximate surface area is 100 Å². The molecule has 0 heterocycles. The van der Waals surface area contributed by atoms with Crippen molar-refractivity contribution in [3.05, 3.63) is 41.5 Å². The molecule has 1 aliphatic rings. The van der Waals surface area contributed by atoms with Gasteiger partial charge in [0, 0.05) is 0 Å². The standard InChI is InChI=1S/C14H13NO2/c15-9-2-1-4-11-5-3-6-12(10-11)14(7-8-14)13(16)17/h1,3-6,10H,2,7-8H2,(H,16,17). The van der Waals surface area contributed by atoms with Crippen molar-refractivity contribution in [1.82, 2.24) is 0 Å². The summed E-state index contributed by atoms with van der Waals surface area (Å²) < 4.78 is 0. The van der Waals surface area contributed by atoms with Crippen LogP contribution >= 0.6 is 0 Å². The number of hydrogen-bond donors (Lipinski definition) is 1. The van der Waals surface area contributed by atoms with Gasteiger partial charge in [0.1, 0.15) is 0 Å². The predicted octanol–water partition coefficient (Wildman–Crippen LogP) is 2.73. The van der Waals surface area contributed by atoms with Gasteiger partial charge in [-0.1, -0.05) is 36.4 Å². The lowest BCUT2D eigenvalue weighted by atomic mass is 9.94. The first-order chi connectivity index (χ1) is 8.19. The van der Waals surface area contributed by atoms with E-state index in [9.17, 15) is 9.90 Å². The number of nitriles is 1. The Kier molecular flexibility index (Phi) is 2.97. The Morgan fingerprint density at radius 1 is 1.53 bits per heavy atom. The first-order valence-corrected chi connectivity index (χ1v) is 5.56. The molecule has 86 valence electrons. The zero-order valence-corrected chi connectivity index (χ0v) is 9.39. The van der Waals surface area contributed by atoms with Crippen molar-refractivity contribution in [2.24, 2.45) is 0 Å². The molecule has 0 atom stereocenters. The molecule has 1 aromatic rings. The van der Waals surface area contributed by atoms with Crippen molar-refractivity contribution in [3.8, 4) is 6.07 Å². The third-order valence-corrected chi connectivity index (χ3v) is 3.12. The van der Waals surface area contributed by atoms with Crippen LogP contribution in [-0.2, 0) is 10.2 Å². The third kappa shape index (κ3) is 2.21. The second-order valence-corrected chi connectivity index (χ2v) is 4.28. The average Bonchev–Trinajstić information content (AvgIpc) is 3.11. The molecule has 3 heteroatoms. The Hall–Kier alpha value is -2.08. The molecule has 1 N–H and O–H groups in total. The minimum atomic E-state index is -0.740. The van der Waals surface area contributed by atoms with Crippen molar-refractivity contribution in [2.75, 3.05) is 0 Å². The Morgan fingerprint density at radius 2 is 2.29 bits per heavy atom. The molecule has 0 aliphatic heterocycles. The summed E-state index contributed by atoms with van der Waals surface area (Å²) in [5.41, 5.74) is 1.16. The smallest absolute Gasteiger partial charge is 0.314 e. The van der Waals surface area contributed by atoms with Crippen molar-refractivity contribution >= 4 is 12.0 Å². The molecule has 0 spiro atoms. The highest BCUT2D eigenvalue weighted by Crippen LogP contribution is 2.48. The van der Waals surface area contributed by atoms with Crippen LogP contribution < -0.4 is 0 Å². The van der Waals surface area contributed by atoms with E-state index in [1.807, 2.05) is 36.4 Å². The zero-order valence-electron chi connectivity index (χ0n) is 9.39. The van der Waals surface area contributed by atoms with Gasteiger partial charge in [0.25, 0.3) is 0 Å². The zero-order chi connectivity index (χ0) is 12.3. The van der Waals surface area contributed by atoms with Gasteiger partial charge in [-0.2, -0.15) is 5.26 Å². The summed E-state index contributed by atoms with van der Waals surface area (Å²) in [6, 6.07) is 9.57.